The molecular formula is C34H20N2S. The summed E-state index contributed by atoms with van der Waals surface area (Å²) >= 11 is 1.85. The van der Waals surface area contributed by atoms with Crippen molar-refractivity contribution in [3.05, 3.63) is 121 Å². The highest BCUT2D eigenvalue weighted by Crippen LogP contribution is 2.37. The lowest BCUT2D eigenvalue weighted by Crippen LogP contribution is -1.92. The van der Waals surface area contributed by atoms with E-state index in [9.17, 15) is 0 Å². The minimum atomic E-state index is 0.964. The van der Waals surface area contributed by atoms with Crippen LogP contribution >= 0.6 is 11.3 Å². The molecule has 0 aliphatic rings. The second kappa shape index (κ2) is 7.95. The molecule has 0 aliphatic carbocycles. The van der Waals surface area contributed by atoms with Gasteiger partial charge in [0.1, 0.15) is 0 Å². The SMILES string of the molecule is c1ccc2nc3c(cc2c1)c(-c1ccc(-c2ccc4sc5ccccc5c4c2)cc1)nc1ccccc13. The summed E-state index contributed by atoms with van der Waals surface area (Å²) in [5, 5.41) is 5.94. The molecule has 172 valence electrons. The van der Waals surface area contributed by atoms with E-state index in [1.165, 1.54) is 31.3 Å². The molecule has 0 atom stereocenters. The number of rotatable bonds is 2. The van der Waals surface area contributed by atoms with Crippen LogP contribution in [-0.4, -0.2) is 9.97 Å². The molecule has 0 saturated heterocycles. The number of aromatic nitrogens is 2. The molecule has 5 aromatic carbocycles. The molecule has 3 heteroatoms. The van der Waals surface area contributed by atoms with Gasteiger partial charge in [-0.05, 0) is 47.5 Å². The number of para-hydroxylation sites is 2. The maximum atomic E-state index is 5.11. The molecule has 8 aromatic rings. The van der Waals surface area contributed by atoms with E-state index in [0.717, 1.165) is 44.0 Å². The van der Waals surface area contributed by atoms with Crippen LogP contribution in [0.1, 0.15) is 0 Å². The zero-order chi connectivity index (χ0) is 24.3. The van der Waals surface area contributed by atoms with Gasteiger partial charge in [-0.1, -0.05) is 84.9 Å². The van der Waals surface area contributed by atoms with Crippen molar-refractivity contribution in [1.29, 1.82) is 0 Å². The average molecular weight is 489 g/mol. The number of hydrogen-bond acceptors (Lipinski definition) is 3. The van der Waals surface area contributed by atoms with Crippen molar-refractivity contribution in [3.63, 3.8) is 0 Å². The second-order valence-electron chi connectivity index (χ2n) is 9.44. The highest BCUT2D eigenvalue weighted by Gasteiger charge is 2.13. The van der Waals surface area contributed by atoms with Gasteiger partial charge < -0.3 is 0 Å². The Kier molecular flexibility index (Phi) is 4.42. The van der Waals surface area contributed by atoms with Crippen molar-refractivity contribution in [2.24, 2.45) is 0 Å². The molecular weight excluding hydrogens is 468 g/mol. The van der Waals surface area contributed by atoms with E-state index >= 15 is 0 Å². The van der Waals surface area contributed by atoms with Crippen LogP contribution < -0.4 is 0 Å². The number of hydrogen-bond donors (Lipinski definition) is 0. The third-order valence-corrected chi connectivity index (χ3v) is 8.39. The van der Waals surface area contributed by atoms with Gasteiger partial charge in [0.05, 0.1) is 22.2 Å². The van der Waals surface area contributed by atoms with Crippen LogP contribution in [-0.2, 0) is 0 Å². The normalized spacial score (nSPS) is 11.8. The van der Waals surface area contributed by atoms with Crippen molar-refractivity contribution >= 4 is 64.2 Å². The van der Waals surface area contributed by atoms with Gasteiger partial charge in [-0.25, -0.2) is 9.97 Å². The van der Waals surface area contributed by atoms with Gasteiger partial charge in [0.2, 0.25) is 0 Å². The van der Waals surface area contributed by atoms with Crippen molar-refractivity contribution in [1.82, 2.24) is 9.97 Å². The zero-order valence-electron chi connectivity index (χ0n) is 19.8. The number of thiophene rings is 1. The predicted molar refractivity (Wildman–Crippen MR) is 158 cm³/mol. The van der Waals surface area contributed by atoms with Crippen molar-refractivity contribution in [2.45, 2.75) is 0 Å². The molecule has 37 heavy (non-hydrogen) atoms. The van der Waals surface area contributed by atoms with Crippen LogP contribution in [0.15, 0.2) is 121 Å². The highest BCUT2D eigenvalue weighted by molar-refractivity contribution is 7.25. The summed E-state index contributed by atoms with van der Waals surface area (Å²) in [5.41, 5.74) is 7.46. The first-order valence-corrected chi connectivity index (χ1v) is 13.2. The molecule has 0 N–H and O–H groups in total. The van der Waals surface area contributed by atoms with Gasteiger partial charge in [0, 0.05) is 41.9 Å². The largest absolute Gasteiger partial charge is 0.247 e. The Morgan fingerprint density at radius 1 is 0.432 bits per heavy atom. The van der Waals surface area contributed by atoms with E-state index in [0.29, 0.717) is 0 Å². The molecule has 8 rings (SSSR count). The Morgan fingerprint density at radius 2 is 1.11 bits per heavy atom. The Balaban J connectivity index is 1.30. The molecule has 2 nitrogen and oxygen atoms in total. The van der Waals surface area contributed by atoms with Crippen molar-refractivity contribution < 1.29 is 0 Å². The number of pyridine rings is 2. The number of benzene rings is 5. The van der Waals surface area contributed by atoms with E-state index < -0.39 is 0 Å². The first kappa shape index (κ1) is 20.6. The molecule has 3 heterocycles. The molecule has 3 aromatic heterocycles. The van der Waals surface area contributed by atoms with E-state index in [1.807, 2.05) is 23.5 Å². The molecule has 0 saturated carbocycles. The standard InChI is InChI=1S/C34H20N2S/c1-4-10-29-24(7-1)20-28-33(36-30-11-5-2-9-26(30)34(28)35-29)22-15-13-21(14-16-22)23-17-18-32-27(19-23)25-8-3-6-12-31(25)37-32/h1-20H. The lowest BCUT2D eigenvalue weighted by atomic mass is 9.98. The number of fused-ring (bicyclic) bond motifs is 7. The highest BCUT2D eigenvalue weighted by atomic mass is 32.1. The smallest absolute Gasteiger partial charge is 0.0825 e. The van der Waals surface area contributed by atoms with Crippen LogP contribution in [0.2, 0.25) is 0 Å². The van der Waals surface area contributed by atoms with Crippen LogP contribution in [0.25, 0.3) is 75.3 Å². The molecule has 0 unspecified atom stereocenters. The van der Waals surface area contributed by atoms with E-state index in [4.69, 9.17) is 9.97 Å². The van der Waals surface area contributed by atoms with E-state index in [2.05, 4.69) is 109 Å². The molecule has 0 fully saturated rings. The summed E-state index contributed by atoms with van der Waals surface area (Å²) in [5.74, 6) is 0. The first-order chi connectivity index (χ1) is 18.3. The summed E-state index contributed by atoms with van der Waals surface area (Å²) in [6.07, 6.45) is 0. The van der Waals surface area contributed by atoms with Gasteiger partial charge in [-0.2, -0.15) is 0 Å². The summed E-state index contributed by atoms with van der Waals surface area (Å²) in [7, 11) is 0. The van der Waals surface area contributed by atoms with Gasteiger partial charge >= 0.3 is 0 Å². The molecule has 0 aliphatic heterocycles. The quantitative estimate of drug-likeness (QED) is 0.179. The van der Waals surface area contributed by atoms with Gasteiger partial charge in [0.15, 0.2) is 0 Å². The molecule has 0 radical (unpaired) electrons. The summed E-state index contributed by atoms with van der Waals surface area (Å²) in [6, 6.07) is 43.1. The minimum Gasteiger partial charge on any atom is -0.247 e. The summed E-state index contributed by atoms with van der Waals surface area (Å²) in [4.78, 5) is 10.2. The van der Waals surface area contributed by atoms with Crippen molar-refractivity contribution in [3.8, 4) is 22.4 Å². The fourth-order valence-electron chi connectivity index (χ4n) is 5.40. The topological polar surface area (TPSA) is 25.8 Å². The Bertz CT molecular complexity index is 2140. The lowest BCUT2D eigenvalue weighted by molar-refractivity contribution is 1.41. The molecule has 0 spiro atoms. The molecule has 0 bridgehead atoms. The van der Waals surface area contributed by atoms with Gasteiger partial charge in [-0.3, -0.25) is 0 Å². The monoisotopic (exact) mass is 488 g/mol. The predicted octanol–water partition coefficient (Wildman–Crippen LogP) is 9.64. The van der Waals surface area contributed by atoms with E-state index in [1.54, 1.807) is 0 Å². The van der Waals surface area contributed by atoms with Crippen LogP contribution in [0.5, 0.6) is 0 Å². The average Bonchev–Trinajstić information content (AvgIpc) is 3.34. The first-order valence-electron chi connectivity index (χ1n) is 12.4. The lowest BCUT2D eigenvalue weighted by Gasteiger charge is -2.11. The van der Waals surface area contributed by atoms with Gasteiger partial charge in [-0.15, -0.1) is 11.3 Å². The Labute approximate surface area is 217 Å². The van der Waals surface area contributed by atoms with Crippen molar-refractivity contribution in [2.75, 3.05) is 0 Å². The maximum Gasteiger partial charge on any atom is 0.0825 e. The second-order valence-corrected chi connectivity index (χ2v) is 10.5. The fourth-order valence-corrected chi connectivity index (χ4v) is 6.49. The fraction of sp³-hybridized carbons (Fsp3) is 0. The van der Waals surface area contributed by atoms with Crippen LogP contribution in [0.3, 0.4) is 0 Å². The zero-order valence-corrected chi connectivity index (χ0v) is 20.7. The Hall–Kier alpha value is -4.60. The van der Waals surface area contributed by atoms with Crippen LogP contribution in [0.4, 0.5) is 0 Å². The maximum absolute atomic E-state index is 5.11. The summed E-state index contributed by atoms with van der Waals surface area (Å²) in [6.45, 7) is 0. The van der Waals surface area contributed by atoms with Crippen LogP contribution in [0, 0.1) is 0 Å². The molecule has 0 amide bonds. The van der Waals surface area contributed by atoms with E-state index in [-0.39, 0.29) is 0 Å². The summed E-state index contributed by atoms with van der Waals surface area (Å²) < 4.78 is 2.66. The number of nitrogens with zero attached hydrogens (tertiary/aromatic N) is 2. The Morgan fingerprint density at radius 3 is 2.00 bits per heavy atom. The third kappa shape index (κ3) is 3.25. The van der Waals surface area contributed by atoms with Gasteiger partial charge in [0.25, 0.3) is 0 Å². The minimum absolute atomic E-state index is 0.964. The third-order valence-electron chi connectivity index (χ3n) is 7.24.